The second-order valence-corrected chi connectivity index (χ2v) is 2.43. The van der Waals surface area contributed by atoms with Gasteiger partial charge in [0, 0.05) is 18.7 Å². The van der Waals surface area contributed by atoms with E-state index < -0.39 is 0 Å². The van der Waals surface area contributed by atoms with Gasteiger partial charge in [0.1, 0.15) is 11.5 Å². The highest BCUT2D eigenvalue weighted by Crippen LogP contribution is 2.23. The largest absolute Gasteiger partial charge is 0.507 e. The Morgan fingerprint density at radius 2 is 2.08 bits per heavy atom. The van der Waals surface area contributed by atoms with Crippen molar-refractivity contribution in [1.29, 1.82) is 0 Å². The van der Waals surface area contributed by atoms with Gasteiger partial charge in [0.05, 0.1) is 13.7 Å². The summed E-state index contributed by atoms with van der Waals surface area (Å²) in [5.41, 5.74) is 0.762. The van der Waals surface area contributed by atoms with E-state index in [0.717, 1.165) is 5.56 Å². The van der Waals surface area contributed by atoms with Crippen LogP contribution >= 0.6 is 0 Å². The third-order valence-corrected chi connectivity index (χ3v) is 1.59. The predicted molar refractivity (Wildman–Crippen MR) is 45.4 cm³/mol. The highest BCUT2D eigenvalue weighted by atomic mass is 16.5. The number of phenolic OH excluding ortho intramolecular Hbond substituents is 1. The zero-order valence-corrected chi connectivity index (χ0v) is 7.20. The molecule has 0 unspecified atom stereocenters. The molecule has 0 heterocycles. The van der Waals surface area contributed by atoms with Gasteiger partial charge in [-0.2, -0.15) is 0 Å². The molecule has 0 bridgehead atoms. The fourth-order valence-electron chi connectivity index (χ4n) is 0.948. The molecule has 0 saturated heterocycles. The first kappa shape index (κ1) is 8.87. The molecule has 0 aliphatic heterocycles. The van der Waals surface area contributed by atoms with Crippen LogP contribution in [0.25, 0.3) is 0 Å². The molecule has 3 nitrogen and oxygen atoms in total. The first-order valence-electron chi connectivity index (χ1n) is 3.62. The molecule has 0 aromatic heterocycles. The van der Waals surface area contributed by atoms with Gasteiger partial charge in [-0.25, -0.2) is 0 Å². The van der Waals surface area contributed by atoms with Crippen LogP contribution < -0.4 is 4.74 Å². The van der Waals surface area contributed by atoms with Gasteiger partial charge in [-0.05, 0) is 12.1 Å². The van der Waals surface area contributed by atoms with Crippen LogP contribution in [0.2, 0.25) is 0 Å². The predicted octanol–water partition coefficient (Wildman–Crippen LogP) is 1.55. The molecule has 3 heteroatoms. The fourth-order valence-corrected chi connectivity index (χ4v) is 0.948. The standard InChI is InChI=1S/C9H12O3/c1-11-6-7-3-4-8(12-2)5-9(7)10/h3-5,10H,6H2,1-2H3. The fraction of sp³-hybridized carbons (Fsp3) is 0.333. The molecule has 0 spiro atoms. The number of phenols is 1. The maximum atomic E-state index is 9.39. The average molecular weight is 168 g/mol. The maximum absolute atomic E-state index is 9.39. The van der Waals surface area contributed by atoms with Crippen LogP contribution in [-0.4, -0.2) is 19.3 Å². The molecule has 1 rings (SSSR count). The Bertz CT molecular complexity index is 258. The zero-order chi connectivity index (χ0) is 8.97. The van der Waals surface area contributed by atoms with Crippen molar-refractivity contribution in [3.05, 3.63) is 23.8 Å². The third kappa shape index (κ3) is 1.89. The number of rotatable bonds is 3. The molecule has 1 aromatic carbocycles. The van der Waals surface area contributed by atoms with Gasteiger partial charge in [-0.3, -0.25) is 0 Å². The highest BCUT2D eigenvalue weighted by molar-refractivity contribution is 5.39. The molecule has 0 radical (unpaired) electrons. The number of aromatic hydroxyl groups is 1. The van der Waals surface area contributed by atoms with Gasteiger partial charge in [0.2, 0.25) is 0 Å². The van der Waals surface area contributed by atoms with E-state index in [1.54, 1.807) is 32.4 Å². The van der Waals surface area contributed by atoms with E-state index in [9.17, 15) is 5.11 Å². The molecule has 0 atom stereocenters. The Labute approximate surface area is 71.5 Å². The van der Waals surface area contributed by atoms with Crippen molar-refractivity contribution < 1.29 is 14.6 Å². The summed E-state index contributed by atoms with van der Waals surface area (Å²) in [5, 5.41) is 9.39. The molecular weight excluding hydrogens is 156 g/mol. The summed E-state index contributed by atoms with van der Waals surface area (Å²) in [4.78, 5) is 0. The van der Waals surface area contributed by atoms with E-state index in [4.69, 9.17) is 9.47 Å². The van der Waals surface area contributed by atoms with Crippen molar-refractivity contribution in [2.45, 2.75) is 6.61 Å². The first-order valence-corrected chi connectivity index (χ1v) is 3.62. The van der Waals surface area contributed by atoms with Crippen molar-refractivity contribution in [2.75, 3.05) is 14.2 Å². The van der Waals surface area contributed by atoms with Crippen LogP contribution in [0.4, 0.5) is 0 Å². The lowest BCUT2D eigenvalue weighted by atomic mass is 10.2. The van der Waals surface area contributed by atoms with E-state index in [2.05, 4.69) is 0 Å². The second kappa shape index (κ2) is 3.97. The number of methoxy groups -OCH3 is 2. The Hall–Kier alpha value is -1.22. The van der Waals surface area contributed by atoms with Crippen molar-refractivity contribution in [2.24, 2.45) is 0 Å². The van der Waals surface area contributed by atoms with E-state index in [1.807, 2.05) is 0 Å². The second-order valence-electron chi connectivity index (χ2n) is 2.43. The van der Waals surface area contributed by atoms with Gasteiger partial charge in [-0.1, -0.05) is 0 Å². The molecule has 0 saturated carbocycles. The molecule has 66 valence electrons. The highest BCUT2D eigenvalue weighted by Gasteiger charge is 2.01. The quantitative estimate of drug-likeness (QED) is 0.744. The number of hydrogen-bond donors (Lipinski definition) is 1. The van der Waals surface area contributed by atoms with Gasteiger partial charge in [-0.15, -0.1) is 0 Å². The van der Waals surface area contributed by atoms with Gasteiger partial charge >= 0.3 is 0 Å². The summed E-state index contributed by atoms with van der Waals surface area (Å²) in [6.07, 6.45) is 0. The summed E-state index contributed by atoms with van der Waals surface area (Å²) in [7, 11) is 3.15. The number of benzene rings is 1. The number of ether oxygens (including phenoxy) is 2. The van der Waals surface area contributed by atoms with Gasteiger partial charge in [0.25, 0.3) is 0 Å². The SMILES string of the molecule is COCc1ccc(OC)cc1O. The molecular formula is C9H12O3. The Morgan fingerprint density at radius 3 is 2.58 bits per heavy atom. The van der Waals surface area contributed by atoms with E-state index in [1.165, 1.54) is 0 Å². The minimum Gasteiger partial charge on any atom is -0.507 e. The minimum atomic E-state index is 0.205. The van der Waals surface area contributed by atoms with Crippen LogP contribution in [0, 0.1) is 0 Å². The van der Waals surface area contributed by atoms with Crippen molar-refractivity contribution >= 4 is 0 Å². The first-order chi connectivity index (χ1) is 5.77. The topological polar surface area (TPSA) is 38.7 Å². The third-order valence-electron chi connectivity index (χ3n) is 1.59. The Kier molecular flexibility index (Phi) is 2.94. The lowest BCUT2D eigenvalue weighted by molar-refractivity contribution is 0.182. The van der Waals surface area contributed by atoms with Gasteiger partial charge in [0.15, 0.2) is 0 Å². The smallest absolute Gasteiger partial charge is 0.124 e. The van der Waals surface area contributed by atoms with E-state index >= 15 is 0 Å². The minimum absolute atomic E-state index is 0.205. The molecule has 1 N–H and O–H groups in total. The zero-order valence-electron chi connectivity index (χ0n) is 7.20. The van der Waals surface area contributed by atoms with E-state index in [-0.39, 0.29) is 5.75 Å². The Morgan fingerprint density at radius 1 is 1.33 bits per heavy atom. The molecule has 0 amide bonds. The van der Waals surface area contributed by atoms with Crippen molar-refractivity contribution in [3.8, 4) is 11.5 Å². The Balaban J connectivity index is 2.87. The summed E-state index contributed by atoms with van der Waals surface area (Å²) in [6.45, 7) is 0.413. The summed E-state index contributed by atoms with van der Waals surface area (Å²) in [5.74, 6) is 0.851. The maximum Gasteiger partial charge on any atom is 0.124 e. The summed E-state index contributed by atoms with van der Waals surface area (Å²) in [6, 6.07) is 5.13. The van der Waals surface area contributed by atoms with Crippen LogP contribution in [0.3, 0.4) is 0 Å². The van der Waals surface area contributed by atoms with Crippen LogP contribution in [0.1, 0.15) is 5.56 Å². The molecule has 0 aliphatic rings. The van der Waals surface area contributed by atoms with E-state index in [0.29, 0.717) is 12.4 Å². The van der Waals surface area contributed by atoms with Crippen LogP contribution in [-0.2, 0) is 11.3 Å². The van der Waals surface area contributed by atoms with Crippen molar-refractivity contribution in [1.82, 2.24) is 0 Å². The average Bonchev–Trinajstić information content (AvgIpc) is 2.09. The lowest BCUT2D eigenvalue weighted by Crippen LogP contribution is -1.89. The summed E-state index contributed by atoms with van der Waals surface area (Å²) < 4.78 is 9.81. The van der Waals surface area contributed by atoms with Gasteiger partial charge < -0.3 is 14.6 Å². The molecule has 12 heavy (non-hydrogen) atoms. The lowest BCUT2D eigenvalue weighted by Gasteiger charge is -2.05. The summed E-state index contributed by atoms with van der Waals surface area (Å²) >= 11 is 0. The molecule has 1 aromatic rings. The molecule has 0 fully saturated rings. The normalized spacial score (nSPS) is 9.83. The van der Waals surface area contributed by atoms with Crippen molar-refractivity contribution in [3.63, 3.8) is 0 Å². The monoisotopic (exact) mass is 168 g/mol. The van der Waals surface area contributed by atoms with Crippen LogP contribution in [0.5, 0.6) is 11.5 Å². The van der Waals surface area contributed by atoms with Crippen LogP contribution in [0.15, 0.2) is 18.2 Å². The number of hydrogen-bond acceptors (Lipinski definition) is 3. The molecule has 0 aliphatic carbocycles.